The van der Waals surface area contributed by atoms with E-state index >= 15 is 0 Å². The predicted molar refractivity (Wildman–Crippen MR) is 78.4 cm³/mol. The summed E-state index contributed by atoms with van der Waals surface area (Å²) in [6.07, 6.45) is 3.73. The number of nitrogens with zero attached hydrogens (tertiary/aromatic N) is 2. The van der Waals surface area contributed by atoms with Crippen LogP contribution in [0, 0.1) is 30.6 Å². The van der Waals surface area contributed by atoms with Gasteiger partial charge in [0.15, 0.2) is 0 Å². The van der Waals surface area contributed by atoms with Crippen molar-refractivity contribution in [3.05, 3.63) is 17.5 Å². The molecule has 1 aliphatic carbocycles. The second-order valence-corrected chi connectivity index (χ2v) is 6.63. The van der Waals surface area contributed by atoms with Gasteiger partial charge in [0.2, 0.25) is 0 Å². The van der Waals surface area contributed by atoms with E-state index in [1.54, 1.807) is 0 Å². The van der Waals surface area contributed by atoms with Crippen molar-refractivity contribution >= 4 is 5.97 Å². The fraction of sp³-hybridized carbons (Fsp3) is 0.750. The highest BCUT2D eigenvalue weighted by Gasteiger charge is 2.36. The molecule has 3 unspecified atom stereocenters. The zero-order valence-corrected chi connectivity index (χ0v) is 13.0. The number of aliphatic carboxylic acids is 1. The number of hydrogen-bond donors (Lipinski definition) is 1. The van der Waals surface area contributed by atoms with E-state index < -0.39 is 5.97 Å². The van der Waals surface area contributed by atoms with Crippen LogP contribution in [-0.4, -0.2) is 20.9 Å². The number of hydrogen-bond acceptors (Lipinski definition) is 2. The minimum Gasteiger partial charge on any atom is -0.481 e. The zero-order valence-electron chi connectivity index (χ0n) is 13.0. The number of carboxylic acid groups (broad SMARTS) is 1. The van der Waals surface area contributed by atoms with E-state index in [1.165, 1.54) is 0 Å². The van der Waals surface area contributed by atoms with Gasteiger partial charge in [0.1, 0.15) is 0 Å². The summed E-state index contributed by atoms with van der Waals surface area (Å²) in [5.41, 5.74) is 2.16. The number of rotatable bonds is 4. The van der Waals surface area contributed by atoms with Gasteiger partial charge < -0.3 is 5.11 Å². The lowest BCUT2D eigenvalue weighted by Gasteiger charge is -2.36. The molecule has 1 heterocycles. The number of aromatic nitrogens is 2. The number of aryl methyl sites for hydroxylation is 2. The molecule has 0 bridgehead atoms. The summed E-state index contributed by atoms with van der Waals surface area (Å²) >= 11 is 0. The van der Waals surface area contributed by atoms with Gasteiger partial charge in [0.25, 0.3) is 0 Å². The molecule has 1 saturated carbocycles. The fourth-order valence-electron chi connectivity index (χ4n) is 3.58. The lowest BCUT2D eigenvalue weighted by molar-refractivity contribution is -0.145. The first kappa shape index (κ1) is 15.1. The second-order valence-electron chi connectivity index (χ2n) is 6.63. The van der Waals surface area contributed by atoms with Crippen LogP contribution in [0.15, 0.2) is 6.07 Å². The lowest BCUT2D eigenvalue weighted by Crippen LogP contribution is -2.34. The van der Waals surface area contributed by atoms with E-state index in [4.69, 9.17) is 0 Å². The average molecular weight is 278 g/mol. The van der Waals surface area contributed by atoms with Crippen molar-refractivity contribution in [3.8, 4) is 0 Å². The predicted octanol–water partition coefficient (Wildman–Crippen LogP) is 3.04. The quantitative estimate of drug-likeness (QED) is 0.921. The normalized spacial score (nSPS) is 26.9. The molecule has 0 spiro atoms. The van der Waals surface area contributed by atoms with Crippen LogP contribution in [0.5, 0.6) is 0 Å². The maximum Gasteiger partial charge on any atom is 0.306 e. The third kappa shape index (κ3) is 3.22. The van der Waals surface area contributed by atoms with E-state index in [-0.39, 0.29) is 11.8 Å². The molecule has 0 radical (unpaired) electrons. The van der Waals surface area contributed by atoms with Gasteiger partial charge in [-0.15, -0.1) is 0 Å². The second kappa shape index (κ2) is 5.98. The van der Waals surface area contributed by atoms with Crippen LogP contribution in [-0.2, 0) is 18.3 Å². The van der Waals surface area contributed by atoms with E-state index in [9.17, 15) is 9.90 Å². The fourth-order valence-corrected chi connectivity index (χ4v) is 3.58. The molecule has 1 fully saturated rings. The Morgan fingerprint density at radius 2 is 2.20 bits per heavy atom. The molecule has 3 atom stereocenters. The van der Waals surface area contributed by atoms with Gasteiger partial charge in [-0.1, -0.05) is 13.8 Å². The number of carbonyl (C=O) groups is 1. The number of carboxylic acids is 1. The Morgan fingerprint density at radius 3 is 2.70 bits per heavy atom. The van der Waals surface area contributed by atoms with Crippen molar-refractivity contribution in [2.75, 3.05) is 0 Å². The molecule has 4 heteroatoms. The zero-order chi connectivity index (χ0) is 14.9. The Kier molecular flexibility index (Phi) is 4.51. The summed E-state index contributed by atoms with van der Waals surface area (Å²) in [5.74, 6) is 0.713. The molecule has 0 saturated heterocycles. The van der Waals surface area contributed by atoms with Gasteiger partial charge in [0.05, 0.1) is 11.6 Å². The molecule has 1 aromatic heterocycles. The molecule has 1 aliphatic rings. The van der Waals surface area contributed by atoms with Crippen LogP contribution in [0.4, 0.5) is 0 Å². The van der Waals surface area contributed by atoms with Crippen molar-refractivity contribution in [2.24, 2.45) is 30.7 Å². The first-order valence-corrected chi connectivity index (χ1v) is 7.60. The third-order valence-corrected chi connectivity index (χ3v) is 4.85. The molecule has 0 amide bonds. The van der Waals surface area contributed by atoms with Gasteiger partial charge in [0, 0.05) is 12.7 Å². The molecule has 0 aliphatic heterocycles. The Balaban J connectivity index is 2.15. The Hall–Kier alpha value is -1.32. The summed E-state index contributed by atoms with van der Waals surface area (Å²) in [4.78, 5) is 11.5. The minimum absolute atomic E-state index is 0.194. The van der Waals surface area contributed by atoms with Gasteiger partial charge >= 0.3 is 5.97 Å². The maximum absolute atomic E-state index is 11.5. The van der Waals surface area contributed by atoms with E-state index in [0.29, 0.717) is 11.8 Å². The lowest BCUT2D eigenvalue weighted by atomic mass is 9.69. The SMILES string of the molecule is Cc1cc(CC2CC(C(C)C)CCC2C(=O)O)n(C)n1. The molecule has 4 nitrogen and oxygen atoms in total. The van der Waals surface area contributed by atoms with Crippen molar-refractivity contribution < 1.29 is 9.90 Å². The Morgan fingerprint density at radius 1 is 1.50 bits per heavy atom. The Labute approximate surface area is 121 Å². The highest BCUT2D eigenvalue weighted by molar-refractivity contribution is 5.70. The third-order valence-electron chi connectivity index (χ3n) is 4.85. The van der Waals surface area contributed by atoms with Gasteiger partial charge in [-0.25, -0.2) is 0 Å². The summed E-state index contributed by atoms with van der Waals surface area (Å²) in [6.45, 7) is 6.48. The smallest absolute Gasteiger partial charge is 0.306 e. The van der Waals surface area contributed by atoms with Crippen molar-refractivity contribution in [1.82, 2.24) is 9.78 Å². The summed E-state index contributed by atoms with van der Waals surface area (Å²) in [7, 11) is 1.95. The van der Waals surface area contributed by atoms with Crippen LogP contribution < -0.4 is 0 Å². The highest BCUT2D eigenvalue weighted by atomic mass is 16.4. The topological polar surface area (TPSA) is 55.1 Å². The summed E-state index contributed by atoms with van der Waals surface area (Å²) in [5, 5.41) is 13.8. The average Bonchev–Trinajstić information content (AvgIpc) is 2.67. The van der Waals surface area contributed by atoms with Crippen LogP contribution in [0.3, 0.4) is 0 Å². The van der Waals surface area contributed by atoms with Gasteiger partial charge in [-0.05, 0) is 56.4 Å². The molecule has 1 aromatic rings. The highest BCUT2D eigenvalue weighted by Crippen LogP contribution is 2.39. The van der Waals surface area contributed by atoms with Gasteiger partial charge in [-0.3, -0.25) is 9.48 Å². The van der Waals surface area contributed by atoms with Crippen LogP contribution >= 0.6 is 0 Å². The molecular weight excluding hydrogens is 252 g/mol. The van der Waals surface area contributed by atoms with Crippen molar-refractivity contribution in [3.63, 3.8) is 0 Å². The molecule has 20 heavy (non-hydrogen) atoms. The van der Waals surface area contributed by atoms with Crippen LogP contribution in [0.1, 0.15) is 44.5 Å². The van der Waals surface area contributed by atoms with Crippen molar-refractivity contribution in [1.29, 1.82) is 0 Å². The monoisotopic (exact) mass is 278 g/mol. The standard InChI is InChI=1S/C16H26N2O2/c1-10(2)12-5-6-15(16(19)20)13(8-12)9-14-7-11(3)17-18(14)4/h7,10,12-13,15H,5-6,8-9H2,1-4H3,(H,19,20). The first-order valence-electron chi connectivity index (χ1n) is 7.60. The molecule has 112 valence electrons. The first-order chi connectivity index (χ1) is 9.38. The van der Waals surface area contributed by atoms with Gasteiger partial charge in [-0.2, -0.15) is 5.10 Å². The molecule has 2 rings (SSSR count). The van der Waals surface area contributed by atoms with E-state index in [1.807, 2.05) is 18.7 Å². The minimum atomic E-state index is -0.629. The molecular formula is C16H26N2O2. The largest absolute Gasteiger partial charge is 0.481 e. The Bertz CT molecular complexity index is 479. The molecule has 0 aromatic carbocycles. The summed E-state index contributed by atoms with van der Waals surface area (Å²) in [6, 6.07) is 2.08. The maximum atomic E-state index is 11.5. The summed E-state index contributed by atoms with van der Waals surface area (Å²) < 4.78 is 1.90. The van der Waals surface area contributed by atoms with Crippen LogP contribution in [0.2, 0.25) is 0 Å². The van der Waals surface area contributed by atoms with Crippen molar-refractivity contribution in [2.45, 2.75) is 46.5 Å². The molecule has 1 N–H and O–H groups in total. The van der Waals surface area contributed by atoms with E-state index in [0.717, 1.165) is 37.1 Å². The van der Waals surface area contributed by atoms with E-state index in [2.05, 4.69) is 25.0 Å². The van der Waals surface area contributed by atoms with Crippen LogP contribution in [0.25, 0.3) is 0 Å².